The highest BCUT2D eigenvalue weighted by Gasteiger charge is 2.57. The summed E-state index contributed by atoms with van der Waals surface area (Å²) in [5.74, 6) is -1.24. The van der Waals surface area contributed by atoms with Gasteiger partial charge in [-0.15, -0.1) is 0 Å². The van der Waals surface area contributed by atoms with E-state index in [2.05, 4.69) is 10.3 Å². The number of rotatable bonds is 7. The molecule has 0 unspecified atom stereocenters. The second-order valence-corrected chi connectivity index (χ2v) is 8.72. The minimum Gasteiger partial charge on any atom is -0.480 e. The van der Waals surface area contributed by atoms with Crippen LogP contribution in [0.15, 0.2) is 41.4 Å². The number of amides is 1. The molecule has 1 saturated heterocycles. The highest BCUT2D eigenvalue weighted by atomic mass is 32.1. The van der Waals surface area contributed by atoms with E-state index in [9.17, 15) is 14.7 Å². The molecule has 1 aliphatic rings. The number of aliphatic carboxylic acids is 1. The average molecular weight is 402 g/mol. The number of carbonyl (C=O) groups is 2. The first kappa shape index (κ1) is 20.5. The standard InChI is InChI=1S/C21H27N3O3S/c1-14(2)9-21(20(26)27)10-17(19(25)23-11-15-6-8-28-13-15)18(24(21)3)16-5-4-7-22-12-16/h4-8,12-14,17-18H,9-11H2,1-3H3,(H,23,25)(H,26,27)/t17-,18-,21-/m0/s1. The van der Waals surface area contributed by atoms with Crippen molar-refractivity contribution in [2.24, 2.45) is 11.8 Å². The molecule has 150 valence electrons. The molecule has 3 atom stereocenters. The number of aromatic nitrogens is 1. The van der Waals surface area contributed by atoms with Crippen LogP contribution in [-0.4, -0.2) is 39.5 Å². The SMILES string of the molecule is CC(C)C[C@@]1(C(=O)O)C[C@H](C(=O)NCc2ccsc2)[C@H](c2cccnc2)N1C. The maximum atomic E-state index is 13.1. The molecular weight excluding hydrogens is 374 g/mol. The van der Waals surface area contributed by atoms with E-state index in [4.69, 9.17) is 0 Å². The number of hydrogen-bond acceptors (Lipinski definition) is 5. The third-order valence-electron chi connectivity index (χ3n) is 5.58. The van der Waals surface area contributed by atoms with Gasteiger partial charge < -0.3 is 10.4 Å². The molecule has 1 amide bonds. The van der Waals surface area contributed by atoms with Crippen molar-refractivity contribution in [3.05, 3.63) is 52.5 Å². The van der Waals surface area contributed by atoms with Crippen LogP contribution in [0.5, 0.6) is 0 Å². The maximum absolute atomic E-state index is 13.1. The summed E-state index contributed by atoms with van der Waals surface area (Å²) < 4.78 is 0. The molecule has 7 heteroatoms. The van der Waals surface area contributed by atoms with E-state index in [1.807, 2.05) is 54.8 Å². The van der Waals surface area contributed by atoms with Crippen molar-refractivity contribution in [2.45, 2.75) is 44.8 Å². The largest absolute Gasteiger partial charge is 0.480 e. The first-order valence-electron chi connectivity index (χ1n) is 9.50. The summed E-state index contributed by atoms with van der Waals surface area (Å²) in [6.07, 6.45) is 4.19. The fourth-order valence-electron chi connectivity index (χ4n) is 4.34. The van der Waals surface area contributed by atoms with Crippen molar-refractivity contribution in [1.82, 2.24) is 15.2 Å². The van der Waals surface area contributed by atoms with Gasteiger partial charge in [0.25, 0.3) is 0 Å². The normalized spacial score (nSPS) is 25.1. The van der Waals surface area contributed by atoms with Crippen LogP contribution < -0.4 is 5.32 Å². The number of likely N-dealkylation sites (tertiary alicyclic amines) is 1. The number of likely N-dealkylation sites (N-methyl/N-ethyl adjacent to an activating group) is 1. The minimum atomic E-state index is -1.07. The van der Waals surface area contributed by atoms with Crippen LogP contribution in [0.4, 0.5) is 0 Å². The molecule has 1 fully saturated rings. The monoisotopic (exact) mass is 401 g/mol. The second kappa shape index (κ2) is 8.41. The van der Waals surface area contributed by atoms with Gasteiger partial charge in [-0.1, -0.05) is 19.9 Å². The average Bonchev–Trinajstić information content (AvgIpc) is 3.27. The van der Waals surface area contributed by atoms with Crippen molar-refractivity contribution >= 4 is 23.2 Å². The molecular formula is C21H27N3O3S. The third-order valence-corrected chi connectivity index (χ3v) is 6.32. The summed E-state index contributed by atoms with van der Waals surface area (Å²) in [6.45, 7) is 4.48. The van der Waals surface area contributed by atoms with E-state index >= 15 is 0 Å². The number of carboxylic acids is 1. The Kier molecular flexibility index (Phi) is 6.15. The molecule has 0 bridgehead atoms. The number of thiophene rings is 1. The molecule has 28 heavy (non-hydrogen) atoms. The minimum absolute atomic E-state index is 0.112. The highest BCUT2D eigenvalue weighted by Crippen LogP contribution is 2.48. The molecule has 2 aromatic heterocycles. The van der Waals surface area contributed by atoms with Crippen LogP contribution in [0, 0.1) is 11.8 Å². The van der Waals surface area contributed by atoms with Crippen LogP contribution >= 0.6 is 11.3 Å². The van der Waals surface area contributed by atoms with Gasteiger partial charge in [-0.25, -0.2) is 0 Å². The Morgan fingerprint density at radius 3 is 2.79 bits per heavy atom. The summed E-state index contributed by atoms with van der Waals surface area (Å²) in [7, 11) is 1.82. The number of hydrogen-bond donors (Lipinski definition) is 2. The lowest BCUT2D eigenvalue weighted by Crippen LogP contribution is -2.50. The predicted octanol–water partition coefficient (Wildman–Crippen LogP) is 3.32. The molecule has 6 nitrogen and oxygen atoms in total. The molecule has 2 aromatic rings. The van der Waals surface area contributed by atoms with Gasteiger partial charge in [-0.05, 0) is 59.8 Å². The molecule has 2 N–H and O–H groups in total. The van der Waals surface area contributed by atoms with Gasteiger partial charge in [0, 0.05) is 25.0 Å². The Labute approximate surface area is 169 Å². The molecule has 0 radical (unpaired) electrons. The van der Waals surface area contributed by atoms with E-state index in [0.29, 0.717) is 13.0 Å². The molecule has 0 aliphatic carbocycles. The van der Waals surface area contributed by atoms with Crippen LogP contribution in [-0.2, 0) is 16.1 Å². The lowest BCUT2D eigenvalue weighted by molar-refractivity contribution is -0.151. The number of nitrogens with zero attached hydrogens (tertiary/aromatic N) is 2. The molecule has 0 aromatic carbocycles. The third kappa shape index (κ3) is 3.95. The number of nitrogens with one attached hydrogen (secondary N) is 1. The molecule has 1 aliphatic heterocycles. The molecule has 3 heterocycles. The lowest BCUT2D eigenvalue weighted by atomic mass is 9.83. The molecule has 0 spiro atoms. The van der Waals surface area contributed by atoms with E-state index in [0.717, 1.165) is 11.1 Å². The Hall–Kier alpha value is -2.25. The maximum Gasteiger partial charge on any atom is 0.324 e. The van der Waals surface area contributed by atoms with Crippen molar-refractivity contribution in [2.75, 3.05) is 7.05 Å². The number of carboxylic acid groups (broad SMARTS) is 1. The Balaban J connectivity index is 1.92. The Morgan fingerprint density at radius 1 is 1.43 bits per heavy atom. The number of pyridine rings is 1. The summed E-state index contributed by atoms with van der Waals surface area (Å²) >= 11 is 1.59. The van der Waals surface area contributed by atoms with Gasteiger partial charge in [-0.3, -0.25) is 19.5 Å². The zero-order valence-electron chi connectivity index (χ0n) is 16.5. The van der Waals surface area contributed by atoms with Crippen LogP contribution in [0.2, 0.25) is 0 Å². The van der Waals surface area contributed by atoms with E-state index in [1.54, 1.807) is 23.7 Å². The first-order chi connectivity index (χ1) is 13.3. The molecule has 3 rings (SSSR count). The molecule has 0 saturated carbocycles. The van der Waals surface area contributed by atoms with E-state index in [-0.39, 0.29) is 24.3 Å². The van der Waals surface area contributed by atoms with Crippen molar-refractivity contribution in [3.63, 3.8) is 0 Å². The van der Waals surface area contributed by atoms with Gasteiger partial charge in [0.05, 0.1) is 5.92 Å². The topological polar surface area (TPSA) is 82.5 Å². The summed E-state index contributed by atoms with van der Waals surface area (Å²) in [6, 6.07) is 5.39. The first-order valence-corrected chi connectivity index (χ1v) is 10.4. The lowest BCUT2D eigenvalue weighted by Gasteiger charge is -2.36. The van der Waals surface area contributed by atoms with Gasteiger partial charge in [0.15, 0.2) is 0 Å². The fourth-order valence-corrected chi connectivity index (χ4v) is 5.01. The van der Waals surface area contributed by atoms with Crippen molar-refractivity contribution in [3.8, 4) is 0 Å². The van der Waals surface area contributed by atoms with Gasteiger partial charge >= 0.3 is 5.97 Å². The van der Waals surface area contributed by atoms with E-state index in [1.165, 1.54) is 0 Å². The van der Waals surface area contributed by atoms with Crippen LogP contribution in [0.1, 0.15) is 43.9 Å². The summed E-state index contributed by atoms with van der Waals surface area (Å²) in [5, 5.41) is 17.1. The number of carbonyl (C=O) groups excluding carboxylic acids is 1. The van der Waals surface area contributed by atoms with E-state index < -0.39 is 17.4 Å². The van der Waals surface area contributed by atoms with Gasteiger partial charge in [0.2, 0.25) is 5.91 Å². The van der Waals surface area contributed by atoms with Crippen LogP contribution in [0.25, 0.3) is 0 Å². The van der Waals surface area contributed by atoms with Crippen molar-refractivity contribution < 1.29 is 14.7 Å². The Bertz CT molecular complexity index is 810. The van der Waals surface area contributed by atoms with Crippen LogP contribution in [0.3, 0.4) is 0 Å². The Morgan fingerprint density at radius 2 is 2.21 bits per heavy atom. The van der Waals surface area contributed by atoms with Gasteiger partial charge in [0.1, 0.15) is 5.54 Å². The quantitative estimate of drug-likeness (QED) is 0.744. The fraction of sp³-hybridized carbons (Fsp3) is 0.476. The second-order valence-electron chi connectivity index (χ2n) is 7.94. The zero-order chi connectivity index (χ0) is 20.3. The predicted molar refractivity (Wildman–Crippen MR) is 109 cm³/mol. The zero-order valence-corrected chi connectivity index (χ0v) is 17.3. The van der Waals surface area contributed by atoms with Gasteiger partial charge in [-0.2, -0.15) is 11.3 Å². The smallest absolute Gasteiger partial charge is 0.324 e. The van der Waals surface area contributed by atoms with Crippen molar-refractivity contribution in [1.29, 1.82) is 0 Å². The summed E-state index contributed by atoms with van der Waals surface area (Å²) in [4.78, 5) is 31.6. The highest BCUT2D eigenvalue weighted by molar-refractivity contribution is 7.07. The summed E-state index contributed by atoms with van der Waals surface area (Å²) in [5.41, 5.74) is 0.848.